The molecule has 3 nitrogen and oxygen atoms in total. The molecule has 0 aliphatic rings. The van der Waals surface area contributed by atoms with Crippen molar-refractivity contribution >= 4 is 5.82 Å². The second-order valence-electron chi connectivity index (χ2n) is 5.40. The largest absolute Gasteiger partial charge is 0.370 e. The zero-order valence-corrected chi connectivity index (χ0v) is 13.0. The van der Waals surface area contributed by atoms with Gasteiger partial charge in [0.25, 0.3) is 0 Å². The number of anilines is 1. The summed E-state index contributed by atoms with van der Waals surface area (Å²) in [5, 5.41) is 3.39. The van der Waals surface area contributed by atoms with Gasteiger partial charge in [0.15, 0.2) is 0 Å². The molecule has 2 aromatic rings. The molecule has 0 saturated heterocycles. The van der Waals surface area contributed by atoms with Gasteiger partial charge in [-0.25, -0.2) is 9.97 Å². The fourth-order valence-corrected chi connectivity index (χ4v) is 2.44. The van der Waals surface area contributed by atoms with Gasteiger partial charge in [0.1, 0.15) is 11.6 Å². The second-order valence-corrected chi connectivity index (χ2v) is 5.40. The van der Waals surface area contributed by atoms with E-state index >= 15 is 0 Å². The molecule has 1 heterocycles. The summed E-state index contributed by atoms with van der Waals surface area (Å²) >= 11 is 0. The highest BCUT2D eigenvalue weighted by atomic mass is 15.0. The molecule has 1 aromatic carbocycles. The highest BCUT2D eigenvalue weighted by Crippen LogP contribution is 2.27. The minimum atomic E-state index is 0.809. The average Bonchev–Trinajstić information content (AvgIpc) is 2.38. The minimum Gasteiger partial charge on any atom is -0.370 e. The summed E-state index contributed by atoms with van der Waals surface area (Å²) < 4.78 is 0. The molecule has 2 rings (SSSR count). The number of benzene rings is 1. The SMILES string of the molecule is CCCNc1nc(C)nc(-c2cc(C)cc(C)c2)c1C. The Kier molecular flexibility index (Phi) is 4.38. The lowest BCUT2D eigenvalue weighted by atomic mass is 10.0. The Hall–Kier alpha value is -1.90. The highest BCUT2D eigenvalue weighted by Gasteiger charge is 2.11. The Morgan fingerprint density at radius 2 is 1.60 bits per heavy atom. The molecule has 0 saturated carbocycles. The molecule has 1 N–H and O–H groups in total. The Bertz CT molecular complexity index is 598. The van der Waals surface area contributed by atoms with E-state index in [9.17, 15) is 0 Å². The number of rotatable bonds is 4. The van der Waals surface area contributed by atoms with Gasteiger partial charge in [-0.2, -0.15) is 0 Å². The third-order valence-electron chi connectivity index (χ3n) is 3.30. The van der Waals surface area contributed by atoms with Gasteiger partial charge in [-0.3, -0.25) is 0 Å². The van der Waals surface area contributed by atoms with Crippen molar-refractivity contribution in [3.8, 4) is 11.3 Å². The summed E-state index contributed by atoms with van der Waals surface area (Å²) in [5.74, 6) is 1.76. The zero-order valence-electron chi connectivity index (χ0n) is 13.0. The molecule has 20 heavy (non-hydrogen) atoms. The van der Waals surface area contributed by atoms with Crippen LogP contribution in [0.3, 0.4) is 0 Å². The number of nitrogens with one attached hydrogen (secondary N) is 1. The summed E-state index contributed by atoms with van der Waals surface area (Å²) in [6, 6.07) is 6.56. The molecular weight excluding hydrogens is 246 g/mol. The third-order valence-corrected chi connectivity index (χ3v) is 3.30. The lowest BCUT2D eigenvalue weighted by Crippen LogP contribution is -2.07. The van der Waals surface area contributed by atoms with Crippen LogP contribution < -0.4 is 5.32 Å². The Balaban J connectivity index is 2.52. The van der Waals surface area contributed by atoms with Crippen molar-refractivity contribution in [3.63, 3.8) is 0 Å². The van der Waals surface area contributed by atoms with Crippen LogP contribution in [0.15, 0.2) is 18.2 Å². The molecular formula is C17H23N3. The van der Waals surface area contributed by atoms with Gasteiger partial charge < -0.3 is 5.32 Å². The quantitative estimate of drug-likeness (QED) is 0.904. The molecule has 0 amide bonds. The summed E-state index contributed by atoms with van der Waals surface area (Å²) in [4.78, 5) is 9.16. The van der Waals surface area contributed by atoms with E-state index < -0.39 is 0 Å². The zero-order chi connectivity index (χ0) is 14.7. The molecule has 0 bridgehead atoms. The molecule has 0 spiro atoms. The minimum absolute atomic E-state index is 0.809. The van der Waals surface area contributed by atoms with Crippen molar-refractivity contribution in [2.45, 2.75) is 41.0 Å². The fraction of sp³-hybridized carbons (Fsp3) is 0.412. The first-order valence-corrected chi connectivity index (χ1v) is 7.19. The Morgan fingerprint density at radius 1 is 0.950 bits per heavy atom. The molecule has 0 atom stereocenters. The second kappa shape index (κ2) is 6.04. The van der Waals surface area contributed by atoms with Crippen molar-refractivity contribution in [1.29, 1.82) is 0 Å². The first-order valence-electron chi connectivity index (χ1n) is 7.19. The predicted molar refractivity (Wildman–Crippen MR) is 85.2 cm³/mol. The maximum atomic E-state index is 4.64. The Labute approximate surface area is 121 Å². The van der Waals surface area contributed by atoms with E-state index in [1.807, 2.05) is 6.92 Å². The molecule has 0 fully saturated rings. The van der Waals surface area contributed by atoms with Gasteiger partial charge >= 0.3 is 0 Å². The van der Waals surface area contributed by atoms with Crippen LogP contribution in [0.1, 0.15) is 35.9 Å². The summed E-state index contributed by atoms with van der Waals surface area (Å²) in [7, 11) is 0. The lowest BCUT2D eigenvalue weighted by Gasteiger charge is -2.13. The molecule has 3 heteroatoms. The van der Waals surface area contributed by atoms with Gasteiger partial charge in [-0.15, -0.1) is 0 Å². The van der Waals surface area contributed by atoms with Crippen LogP contribution >= 0.6 is 0 Å². The van der Waals surface area contributed by atoms with Crippen LogP contribution in [-0.2, 0) is 0 Å². The summed E-state index contributed by atoms with van der Waals surface area (Å²) in [6.45, 7) is 11.4. The van der Waals surface area contributed by atoms with Crippen molar-refractivity contribution < 1.29 is 0 Å². The van der Waals surface area contributed by atoms with E-state index in [-0.39, 0.29) is 0 Å². The van der Waals surface area contributed by atoms with Gasteiger partial charge in [0.05, 0.1) is 5.69 Å². The molecule has 0 unspecified atom stereocenters. The number of nitrogens with zero attached hydrogens (tertiary/aromatic N) is 2. The van der Waals surface area contributed by atoms with E-state index in [4.69, 9.17) is 0 Å². The van der Waals surface area contributed by atoms with Gasteiger partial charge in [0.2, 0.25) is 0 Å². The Morgan fingerprint density at radius 3 is 2.20 bits per heavy atom. The third kappa shape index (κ3) is 3.16. The van der Waals surface area contributed by atoms with E-state index in [2.05, 4.69) is 61.2 Å². The first-order chi connectivity index (χ1) is 9.51. The highest BCUT2D eigenvalue weighted by molar-refractivity contribution is 5.69. The predicted octanol–water partition coefficient (Wildman–Crippen LogP) is 4.20. The van der Waals surface area contributed by atoms with Crippen LogP contribution in [0.4, 0.5) is 5.82 Å². The maximum absolute atomic E-state index is 4.64. The van der Waals surface area contributed by atoms with Crippen LogP contribution in [0, 0.1) is 27.7 Å². The molecule has 1 aromatic heterocycles. The smallest absolute Gasteiger partial charge is 0.133 e. The fourth-order valence-electron chi connectivity index (χ4n) is 2.44. The summed E-state index contributed by atoms with van der Waals surface area (Å²) in [6.07, 6.45) is 1.08. The van der Waals surface area contributed by atoms with Crippen molar-refractivity contribution in [2.75, 3.05) is 11.9 Å². The van der Waals surface area contributed by atoms with Crippen molar-refractivity contribution in [3.05, 3.63) is 40.7 Å². The van der Waals surface area contributed by atoms with Crippen molar-refractivity contribution in [2.24, 2.45) is 0 Å². The molecule has 0 aliphatic carbocycles. The van der Waals surface area contributed by atoms with Gasteiger partial charge in [0, 0.05) is 17.7 Å². The van der Waals surface area contributed by atoms with Crippen molar-refractivity contribution in [1.82, 2.24) is 9.97 Å². The maximum Gasteiger partial charge on any atom is 0.133 e. The number of aryl methyl sites for hydroxylation is 3. The van der Waals surface area contributed by atoms with E-state index in [1.165, 1.54) is 16.7 Å². The molecule has 0 radical (unpaired) electrons. The monoisotopic (exact) mass is 269 g/mol. The van der Waals surface area contributed by atoms with Crippen LogP contribution in [0.2, 0.25) is 0 Å². The van der Waals surface area contributed by atoms with E-state index in [0.29, 0.717) is 0 Å². The standard InChI is InChI=1S/C17H23N3/c1-6-7-18-17-13(4)16(19-14(5)20-17)15-9-11(2)8-12(3)10-15/h8-10H,6-7H2,1-5H3,(H,18,19,20). The number of hydrogen-bond donors (Lipinski definition) is 1. The van der Waals surface area contributed by atoms with Gasteiger partial charge in [-0.05, 0) is 46.2 Å². The van der Waals surface area contributed by atoms with Crippen LogP contribution in [0.5, 0.6) is 0 Å². The summed E-state index contributed by atoms with van der Waals surface area (Å²) in [5.41, 5.74) is 5.85. The van der Waals surface area contributed by atoms with Gasteiger partial charge in [-0.1, -0.05) is 24.1 Å². The average molecular weight is 269 g/mol. The first kappa shape index (κ1) is 14.5. The number of hydrogen-bond acceptors (Lipinski definition) is 3. The molecule has 106 valence electrons. The van der Waals surface area contributed by atoms with Crippen LogP contribution in [0.25, 0.3) is 11.3 Å². The topological polar surface area (TPSA) is 37.8 Å². The number of aromatic nitrogens is 2. The van der Waals surface area contributed by atoms with Crippen LogP contribution in [-0.4, -0.2) is 16.5 Å². The molecule has 0 aliphatic heterocycles. The normalized spacial score (nSPS) is 10.7. The van der Waals surface area contributed by atoms with E-state index in [1.54, 1.807) is 0 Å². The lowest BCUT2D eigenvalue weighted by molar-refractivity contribution is 0.948. The van der Waals surface area contributed by atoms with E-state index in [0.717, 1.165) is 35.9 Å².